The molecule has 0 aliphatic rings. The van der Waals surface area contributed by atoms with Crippen LogP contribution in [0.3, 0.4) is 0 Å². The van der Waals surface area contributed by atoms with Gasteiger partial charge >= 0.3 is 7.82 Å². The Hall–Kier alpha value is -2.75. The summed E-state index contributed by atoms with van der Waals surface area (Å²) in [5, 5.41) is 0. The largest absolute Gasteiger partial charge is 0.584 e. The van der Waals surface area contributed by atoms with Crippen LogP contribution in [0.5, 0.6) is 17.2 Å². The Balaban J connectivity index is 1.72. The maximum atomic E-state index is 12.5. The van der Waals surface area contributed by atoms with Gasteiger partial charge in [-0.05, 0) is 86.1 Å². The summed E-state index contributed by atoms with van der Waals surface area (Å²) >= 11 is 0. The van der Waals surface area contributed by atoms with Crippen LogP contribution in [0, 0.1) is 27.7 Å². The highest BCUT2D eigenvalue weighted by atomic mass is 31.2. The molecule has 31 heavy (non-hydrogen) atoms. The van der Waals surface area contributed by atoms with Crippen LogP contribution in [0.15, 0.2) is 54.6 Å². The zero-order chi connectivity index (χ0) is 22.6. The minimum absolute atomic E-state index is 0.283. The zero-order valence-corrected chi connectivity index (χ0v) is 19.5. The van der Waals surface area contributed by atoms with Gasteiger partial charge in [-0.25, -0.2) is 4.57 Å². The van der Waals surface area contributed by atoms with Crippen LogP contribution in [0.4, 0.5) is 0 Å². The molecule has 0 saturated heterocycles. The van der Waals surface area contributed by atoms with E-state index in [4.69, 9.17) is 13.8 Å². The van der Waals surface area contributed by atoms with Crippen molar-refractivity contribution in [3.63, 3.8) is 0 Å². The highest BCUT2D eigenvalue weighted by molar-refractivity contribution is 7.48. The first kappa shape index (κ1) is 22.9. The zero-order valence-electron chi connectivity index (χ0n) is 18.6. The van der Waals surface area contributed by atoms with Gasteiger partial charge in [0.05, 0.1) is 7.11 Å². The molecule has 1 N–H and O–H groups in total. The molecule has 0 saturated carbocycles. The summed E-state index contributed by atoms with van der Waals surface area (Å²) in [6.07, 6.45) is 1.74. The molecular formula is C25H29O5P. The Morgan fingerprint density at radius 2 is 1.19 bits per heavy atom. The molecule has 3 aromatic carbocycles. The molecule has 0 radical (unpaired) electrons. The molecule has 6 heteroatoms. The summed E-state index contributed by atoms with van der Waals surface area (Å²) in [4.78, 5) is 10.2. The van der Waals surface area contributed by atoms with Crippen molar-refractivity contribution in [3.05, 3.63) is 88.0 Å². The first-order valence-electron chi connectivity index (χ1n) is 10.2. The number of hydrogen-bond acceptors (Lipinski definition) is 4. The van der Waals surface area contributed by atoms with Gasteiger partial charge < -0.3 is 13.8 Å². The van der Waals surface area contributed by atoms with Crippen molar-refractivity contribution in [1.82, 2.24) is 0 Å². The maximum absolute atomic E-state index is 12.5. The van der Waals surface area contributed by atoms with Crippen molar-refractivity contribution in [2.75, 3.05) is 7.11 Å². The van der Waals surface area contributed by atoms with Crippen LogP contribution in [0.2, 0.25) is 0 Å². The van der Waals surface area contributed by atoms with Gasteiger partial charge in [0.2, 0.25) is 0 Å². The van der Waals surface area contributed by atoms with Crippen molar-refractivity contribution in [1.29, 1.82) is 0 Å². The first-order chi connectivity index (χ1) is 14.7. The normalized spacial score (nSPS) is 12.8. The highest BCUT2D eigenvalue weighted by Crippen LogP contribution is 2.46. The van der Waals surface area contributed by atoms with E-state index in [1.165, 1.54) is 5.56 Å². The van der Waals surface area contributed by atoms with E-state index in [1.807, 2.05) is 26.0 Å². The summed E-state index contributed by atoms with van der Waals surface area (Å²) in [5.74, 6) is 1.59. The Kier molecular flexibility index (Phi) is 7.09. The number of rotatable bonds is 8. The minimum Gasteiger partial charge on any atom is -0.496 e. The monoisotopic (exact) mass is 440 g/mol. The van der Waals surface area contributed by atoms with Crippen molar-refractivity contribution >= 4 is 7.82 Å². The topological polar surface area (TPSA) is 65.0 Å². The number of methoxy groups -OCH3 is 1. The van der Waals surface area contributed by atoms with Crippen molar-refractivity contribution in [2.24, 2.45) is 0 Å². The van der Waals surface area contributed by atoms with Crippen LogP contribution in [-0.4, -0.2) is 12.0 Å². The molecule has 5 nitrogen and oxygen atoms in total. The molecule has 0 bridgehead atoms. The maximum Gasteiger partial charge on any atom is 0.584 e. The van der Waals surface area contributed by atoms with Crippen LogP contribution >= 0.6 is 7.82 Å². The lowest BCUT2D eigenvalue weighted by molar-refractivity contribution is 0.289. The average molecular weight is 440 g/mol. The van der Waals surface area contributed by atoms with Crippen LogP contribution in [-0.2, 0) is 17.4 Å². The molecule has 0 spiro atoms. The summed E-state index contributed by atoms with van der Waals surface area (Å²) in [7, 11) is -2.60. The lowest BCUT2D eigenvalue weighted by Crippen LogP contribution is -2.03. The van der Waals surface area contributed by atoms with Crippen molar-refractivity contribution in [3.8, 4) is 17.2 Å². The number of aryl methyl sites for hydroxylation is 6. The lowest BCUT2D eigenvalue weighted by Gasteiger charge is -2.18. The van der Waals surface area contributed by atoms with E-state index < -0.39 is 7.82 Å². The number of phosphoric acid groups is 1. The number of ether oxygens (including phenoxy) is 1. The van der Waals surface area contributed by atoms with Gasteiger partial charge in [0.25, 0.3) is 0 Å². The fourth-order valence-corrected chi connectivity index (χ4v) is 4.82. The molecule has 0 heterocycles. The Morgan fingerprint density at radius 3 is 1.65 bits per heavy atom. The fraction of sp³-hybridized carbons (Fsp3) is 0.280. The summed E-state index contributed by atoms with van der Waals surface area (Å²) in [6.45, 7) is 7.85. The molecule has 3 aromatic rings. The second-order valence-electron chi connectivity index (χ2n) is 7.79. The molecule has 164 valence electrons. The van der Waals surface area contributed by atoms with Crippen LogP contribution in [0.25, 0.3) is 0 Å². The first-order valence-corrected chi connectivity index (χ1v) is 11.7. The van der Waals surface area contributed by atoms with Crippen molar-refractivity contribution < 1.29 is 23.2 Å². The Labute approximate surface area is 184 Å². The molecule has 0 amide bonds. The second-order valence-corrected chi connectivity index (χ2v) is 9.09. The van der Waals surface area contributed by atoms with E-state index in [9.17, 15) is 9.46 Å². The summed E-state index contributed by atoms with van der Waals surface area (Å²) in [6, 6.07) is 16.8. The van der Waals surface area contributed by atoms with Crippen LogP contribution in [0.1, 0.15) is 33.4 Å². The van der Waals surface area contributed by atoms with Gasteiger partial charge in [-0.15, -0.1) is 0 Å². The predicted octanol–water partition coefficient (Wildman–Crippen LogP) is 6.27. The molecule has 1 unspecified atom stereocenters. The third-order valence-corrected chi connectivity index (χ3v) is 5.97. The van der Waals surface area contributed by atoms with Gasteiger partial charge in [0.15, 0.2) is 0 Å². The Bertz CT molecular complexity index is 1060. The molecule has 1 atom stereocenters. The SMILES string of the molecule is COc1c(C)cc(CCc2cc(C)c(OP(=O)(O)Oc3ccccc3)c(C)c2)cc1C. The number of phosphoric ester groups is 1. The fourth-order valence-electron chi connectivity index (χ4n) is 3.87. The quantitative estimate of drug-likeness (QED) is 0.418. The summed E-state index contributed by atoms with van der Waals surface area (Å²) in [5.41, 5.74) is 6.25. The van der Waals surface area contributed by atoms with E-state index in [2.05, 4.69) is 26.0 Å². The van der Waals surface area contributed by atoms with Gasteiger partial charge in [-0.2, -0.15) is 0 Å². The molecule has 0 aromatic heterocycles. The van der Waals surface area contributed by atoms with E-state index in [-0.39, 0.29) is 5.75 Å². The van der Waals surface area contributed by atoms with E-state index >= 15 is 0 Å². The standard InChI is InChI=1S/C25H29O5P/c1-17-13-21(14-18(2)24(17)28-5)11-12-22-15-19(3)25(20(4)16-22)30-31(26,27)29-23-9-7-6-8-10-23/h6-10,13-16H,11-12H2,1-5H3,(H,26,27). The van der Waals surface area contributed by atoms with E-state index in [0.29, 0.717) is 5.75 Å². The molecule has 0 aliphatic carbocycles. The highest BCUT2D eigenvalue weighted by Gasteiger charge is 2.27. The van der Waals surface area contributed by atoms with Gasteiger partial charge in [0.1, 0.15) is 17.2 Å². The third kappa shape index (κ3) is 5.90. The summed E-state index contributed by atoms with van der Waals surface area (Å²) < 4.78 is 28.5. The number of benzene rings is 3. The molecule has 0 aliphatic heterocycles. The number of para-hydroxylation sites is 1. The van der Waals surface area contributed by atoms with Gasteiger partial charge in [-0.1, -0.05) is 42.5 Å². The van der Waals surface area contributed by atoms with Crippen LogP contribution < -0.4 is 13.8 Å². The number of hydrogen-bond donors (Lipinski definition) is 1. The van der Waals surface area contributed by atoms with E-state index in [0.717, 1.165) is 46.4 Å². The molecule has 0 fully saturated rings. The molecule has 3 rings (SSSR count). The smallest absolute Gasteiger partial charge is 0.496 e. The van der Waals surface area contributed by atoms with Gasteiger partial charge in [-0.3, -0.25) is 4.89 Å². The minimum atomic E-state index is -4.30. The third-order valence-electron chi connectivity index (χ3n) is 5.12. The Morgan fingerprint density at radius 1 is 0.742 bits per heavy atom. The van der Waals surface area contributed by atoms with E-state index in [1.54, 1.807) is 37.4 Å². The average Bonchev–Trinajstić information content (AvgIpc) is 2.69. The molecular weight excluding hydrogens is 411 g/mol. The van der Waals surface area contributed by atoms with Crippen molar-refractivity contribution in [2.45, 2.75) is 40.5 Å². The lowest BCUT2D eigenvalue weighted by atomic mass is 9.97. The second kappa shape index (κ2) is 9.59. The van der Waals surface area contributed by atoms with Gasteiger partial charge in [0, 0.05) is 0 Å². The predicted molar refractivity (Wildman–Crippen MR) is 123 cm³/mol.